The van der Waals surface area contributed by atoms with Crippen molar-refractivity contribution >= 4 is 21.8 Å². The monoisotopic (exact) mass is 449 g/mol. The van der Waals surface area contributed by atoms with Gasteiger partial charge in [0.05, 0.1) is 23.0 Å². The standard InChI is InChI=1S/C22H20BrN5O/c23-17-7-9-19(10-8-17)28-21(16-5-3-15(13-24)4-6-16)12-20(26-28)22(29)27-11-1-2-18(25)14-27/h3-10,12,18H,1-2,11,14,25H2. The van der Waals surface area contributed by atoms with Crippen molar-refractivity contribution in [2.24, 2.45) is 5.73 Å². The van der Waals surface area contributed by atoms with Gasteiger partial charge in [-0.2, -0.15) is 10.4 Å². The number of halogens is 1. The van der Waals surface area contributed by atoms with E-state index in [2.05, 4.69) is 27.1 Å². The first kappa shape index (κ1) is 19.4. The van der Waals surface area contributed by atoms with Crippen molar-refractivity contribution in [2.45, 2.75) is 18.9 Å². The average Bonchev–Trinajstić information content (AvgIpc) is 3.19. The Hall–Kier alpha value is -2.95. The zero-order valence-electron chi connectivity index (χ0n) is 15.8. The smallest absolute Gasteiger partial charge is 0.274 e. The van der Waals surface area contributed by atoms with Crippen molar-refractivity contribution in [1.82, 2.24) is 14.7 Å². The summed E-state index contributed by atoms with van der Waals surface area (Å²) in [6.07, 6.45) is 1.84. The minimum absolute atomic E-state index is 0.0132. The Morgan fingerprint density at radius 1 is 1.17 bits per heavy atom. The minimum Gasteiger partial charge on any atom is -0.336 e. The Kier molecular flexibility index (Phi) is 5.47. The maximum absolute atomic E-state index is 13.1. The second-order valence-electron chi connectivity index (χ2n) is 7.15. The molecule has 7 heteroatoms. The third kappa shape index (κ3) is 4.09. The number of amides is 1. The van der Waals surface area contributed by atoms with Gasteiger partial charge in [-0.25, -0.2) is 4.68 Å². The van der Waals surface area contributed by atoms with Gasteiger partial charge >= 0.3 is 0 Å². The first-order valence-corrected chi connectivity index (χ1v) is 10.3. The largest absolute Gasteiger partial charge is 0.336 e. The molecule has 1 unspecified atom stereocenters. The van der Waals surface area contributed by atoms with E-state index in [1.807, 2.05) is 42.5 Å². The second-order valence-corrected chi connectivity index (χ2v) is 8.06. The summed E-state index contributed by atoms with van der Waals surface area (Å²) < 4.78 is 2.73. The molecule has 1 fully saturated rings. The molecule has 1 atom stereocenters. The van der Waals surface area contributed by atoms with E-state index in [0.717, 1.165) is 34.3 Å². The van der Waals surface area contributed by atoms with Crippen molar-refractivity contribution in [1.29, 1.82) is 5.26 Å². The quantitative estimate of drug-likeness (QED) is 0.659. The van der Waals surface area contributed by atoms with Crippen molar-refractivity contribution in [2.75, 3.05) is 13.1 Å². The lowest BCUT2D eigenvalue weighted by Crippen LogP contribution is -2.45. The first-order chi connectivity index (χ1) is 14.0. The molecule has 2 N–H and O–H groups in total. The minimum atomic E-state index is -0.106. The second kappa shape index (κ2) is 8.19. The number of piperidine rings is 1. The third-order valence-corrected chi connectivity index (χ3v) is 5.58. The molecule has 2 aromatic carbocycles. The third-order valence-electron chi connectivity index (χ3n) is 5.05. The summed E-state index contributed by atoms with van der Waals surface area (Å²) >= 11 is 3.45. The summed E-state index contributed by atoms with van der Waals surface area (Å²) in [5.41, 5.74) is 9.55. The lowest BCUT2D eigenvalue weighted by Gasteiger charge is -2.30. The average molecular weight is 450 g/mol. The molecule has 6 nitrogen and oxygen atoms in total. The van der Waals surface area contributed by atoms with Crippen LogP contribution in [0, 0.1) is 11.3 Å². The summed E-state index contributed by atoms with van der Waals surface area (Å²) in [4.78, 5) is 14.9. The molecule has 1 amide bonds. The van der Waals surface area contributed by atoms with E-state index in [1.54, 1.807) is 21.7 Å². The molecule has 0 radical (unpaired) electrons. The predicted molar refractivity (Wildman–Crippen MR) is 115 cm³/mol. The molecule has 0 bridgehead atoms. The van der Waals surface area contributed by atoms with Crippen molar-refractivity contribution < 1.29 is 4.79 Å². The number of nitrogens with zero attached hydrogens (tertiary/aromatic N) is 4. The van der Waals surface area contributed by atoms with Gasteiger partial charge < -0.3 is 10.6 Å². The molecule has 2 heterocycles. The number of nitrogens with two attached hydrogens (primary N) is 1. The summed E-state index contributed by atoms with van der Waals surface area (Å²) in [6, 6.07) is 19.0. The number of carbonyl (C=O) groups excluding carboxylic acids is 1. The molecule has 1 aromatic heterocycles. The van der Waals surface area contributed by atoms with Gasteiger partial charge in [0.2, 0.25) is 0 Å². The van der Waals surface area contributed by atoms with Crippen LogP contribution in [0.1, 0.15) is 28.9 Å². The van der Waals surface area contributed by atoms with E-state index in [1.165, 1.54) is 0 Å². The summed E-state index contributed by atoms with van der Waals surface area (Å²) in [5.74, 6) is -0.106. The van der Waals surface area contributed by atoms with Crippen molar-refractivity contribution in [3.8, 4) is 23.0 Å². The molecule has 0 saturated carbocycles. The predicted octanol–water partition coefficient (Wildman–Crippen LogP) is 3.74. The molecule has 3 aromatic rings. The Balaban J connectivity index is 1.76. The van der Waals surface area contributed by atoms with Crippen LogP contribution in [-0.4, -0.2) is 39.7 Å². The van der Waals surface area contributed by atoms with Gasteiger partial charge in [-0.3, -0.25) is 4.79 Å². The number of aromatic nitrogens is 2. The van der Waals surface area contributed by atoms with E-state index < -0.39 is 0 Å². The highest BCUT2D eigenvalue weighted by molar-refractivity contribution is 9.10. The van der Waals surface area contributed by atoms with Crippen LogP contribution in [0.2, 0.25) is 0 Å². The topological polar surface area (TPSA) is 87.9 Å². The molecular formula is C22H20BrN5O. The molecule has 29 heavy (non-hydrogen) atoms. The molecule has 1 saturated heterocycles. The van der Waals surface area contributed by atoms with E-state index >= 15 is 0 Å². The van der Waals surface area contributed by atoms with Crippen molar-refractivity contribution in [3.63, 3.8) is 0 Å². The van der Waals surface area contributed by atoms with Gasteiger partial charge in [0.15, 0.2) is 5.69 Å². The SMILES string of the molecule is N#Cc1ccc(-c2cc(C(=O)N3CCCC(N)C3)nn2-c2ccc(Br)cc2)cc1. The van der Waals surface area contributed by atoms with E-state index in [4.69, 9.17) is 11.0 Å². The molecule has 0 spiro atoms. The lowest BCUT2D eigenvalue weighted by atomic mass is 10.1. The Labute approximate surface area is 177 Å². The zero-order valence-corrected chi connectivity index (χ0v) is 17.3. The highest BCUT2D eigenvalue weighted by Crippen LogP contribution is 2.26. The maximum atomic E-state index is 13.1. The fourth-order valence-electron chi connectivity index (χ4n) is 3.54. The van der Waals surface area contributed by atoms with Crippen LogP contribution in [-0.2, 0) is 0 Å². The Morgan fingerprint density at radius 3 is 2.55 bits per heavy atom. The first-order valence-electron chi connectivity index (χ1n) is 9.46. The number of likely N-dealkylation sites (tertiary alicyclic amines) is 1. The van der Waals surface area contributed by atoms with Crippen LogP contribution in [0.15, 0.2) is 59.1 Å². The summed E-state index contributed by atoms with van der Waals surface area (Å²) in [6.45, 7) is 1.25. The zero-order chi connectivity index (χ0) is 20.4. The Bertz CT molecular complexity index is 1070. The molecule has 4 rings (SSSR count). The fourth-order valence-corrected chi connectivity index (χ4v) is 3.81. The molecule has 0 aliphatic carbocycles. The maximum Gasteiger partial charge on any atom is 0.274 e. The number of hydrogen-bond acceptors (Lipinski definition) is 4. The van der Waals surface area contributed by atoms with Gasteiger partial charge in [0.25, 0.3) is 5.91 Å². The van der Waals surface area contributed by atoms with Crippen LogP contribution in [0.5, 0.6) is 0 Å². The number of rotatable bonds is 3. The van der Waals surface area contributed by atoms with Crippen LogP contribution >= 0.6 is 15.9 Å². The summed E-state index contributed by atoms with van der Waals surface area (Å²) in [5, 5.41) is 13.7. The number of carbonyl (C=O) groups is 1. The van der Waals surface area contributed by atoms with Crippen LogP contribution in [0.25, 0.3) is 16.9 Å². The molecular weight excluding hydrogens is 430 g/mol. The number of nitriles is 1. The van der Waals surface area contributed by atoms with Crippen LogP contribution in [0.4, 0.5) is 0 Å². The molecule has 1 aliphatic heterocycles. The highest BCUT2D eigenvalue weighted by Gasteiger charge is 2.25. The van der Waals surface area contributed by atoms with Crippen LogP contribution in [0.3, 0.4) is 0 Å². The molecule has 146 valence electrons. The highest BCUT2D eigenvalue weighted by atomic mass is 79.9. The molecule has 1 aliphatic rings. The van der Waals surface area contributed by atoms with Gasteiger partial charge in [0.1, 0.15) is 0 Å². The van der Waals surface area contributed by atoms with Gasteiger partial charge in [0, 0.05) is 29.2 Å². The van der Waals surface area contributed by atoms with E-state index in [9.17, 15) is 4.79 Å². The summed E-state index contributed by atoms with van der Waals surface area (Å²) in [7, 11) is 0. The lowest BCUT2D eigenvalue weighted by molar-refractivity contribution is 0.0702. The van der Waals surface area contributed by atoms with Gasteiger partial charge in [-0.1, -0.05) is 28.1 Å². The number of benzene rings is 2. The van der Waals surface area contributed by atoms with Crippen LogP contribution < -0.4 is 5.73 Å². The number of hydrogen-bond donors (Lipinski definition) is 1. The normalized spacial score (nSPS) is 16.4. The fraction of sp³-hybridized carbons (Fsp3) is 0.227. The van der Waals surface area contributed by atoms with Crippen molar-refractivity contribution in [3.05, 3.63) is 70.3 Å². The van der Waals surface area contributed by atoms with Gasteiger partial charge in [-0.15, -0.1) is 0 Å². The van der Waals surface area contributed by atoms with E-state index in [-0.39, 0.29) is 11.9 Å². The van der Waals surface area contributed by atoms with Gasteiger partial charge in [-0.05, 0) is 55.3 Å². The van der Waals surface area contributed by atoms with E-state index in [0.29, 0.717) is 24.3 Å². The Morgan fingerprint density at radius 2 is 1.90 bits per heavy atom.